The molecule has 2 fully saturated rings. The number of carbonyl (C=O) groups excluding carboxylic acids is 2. The summed E-state index contributed by atoms with van der Waals surface area (Å²) in [5.41, 5.74) is 2.03. The Morgan fingerprint density at radius 3 is 2.54 bits per heavy atom. The van der Waals surface area contributed by atoms with Gasteiger partial charge in [0.1, 0.15) is 6.04 Å². The summed E-state index contributed by atoms with van der Waals surface area (Å²) < 4.78 is 5.37. The van der Waals surface area contributed by atoms with Crippen LogP contribution in [0.25, 0.3) is 0 Å². The summed E-state index contributed by atoms with van der Waals surface area (Å²) >= 11 is 0. The maximum atomic E-state index is 12.4. The van der Waals surface area contributed by atoms with Crippen molar-refractivity contribution in [2.24, 2.45) is 0 Å². The van der Waals surface area contributed by atoms with Gasteiger partial charge in [0.15, 0.2) is 0 Å². The molecule has 1 aromatic carbocycles. The zero-order valence-electron chi connectivity index (χ0n) is 14.2. The Morgan fingerprint density at radius 2 is 1.88 bits per heavy atom. The standard InChI is InChI=1S/C18H25N3O3/c1-2-3-8-21-17(22)13-16(18(21)23)19-14-4-6-15(7-5-14)20-9-11-24-12-10-20/h4-7,16,19H,2-3,8-13H2,1H3. The molecule has 1 N–H and O–H groups in total. The molecule has 3 rings (SSSR count). The van der Waals surface area contributed by atoms with E-state index in [9.17, 15) is 9.59 Å². The van der Waals surface area contributed by atoms with E-state index in [4.69, 9.17) is 4.74 Å². The second kappa shape index (κ2) is 7.66. The molecule has 2 amide bonds. The van der Waals surface area contributed by atoms with Crippen LogP contribution in [0.4, 0.5) is 11.4 Å². The van der Waals surface area contributed by atoms with Crippen molar-refractivity contribution in [3.63, 3.8) is 0 Å². The molecule has 1 unspecified atom stereocenters. The van der Waals surface area contributed by atoms with Crippen molar-refractivity contribution in [3.8, 4) is 0 Å². The van der Waals surface area contributed by atoms with Gasteiger partial charge < -0.3 is 15.0 Å². The van der Waals surface area contributed by atoms with Crippen LogP contribution >= 0.6 is 0 Å². The molecule has 2 heterocycles. The van der Waals surface area contributed by atoms with E-state index in [1.54, 1.807) is 0 Å². The van der Waals surface area contributed by atoms with Crippen LogP contribution in [0, 0.1) is 0 Å². The molecule has 1 atom stereocenters. The zero-order chi connectivity index (χ0) is 16.9. The van der Waals surface area contributed by atoms with Gasteiger partial charge in [0.25, 0.3) is 5.91 Å². The third-order valence-electron chi connectivity index (χ3n) is 4.56. The first-order valence-electron chi connectivity index (χ1n) is 8.72. The lowest BCUT2D eigenvalue weighted by atomic mass is 10.2. The highest BCUT2D eigenvalue weighted by Crippen LogP contribution is 2.22. The topological polar surface area (TPSA) is 61.9 Å². The smallest absolute Gasteiger partial charge is 0.252 e. The van der Waals surface area contributed by atoms with Crippen LogP contribution in [-0.2, 0) is 14.3 Å². The van der Waals surface area contributed by atoms with Gasteiger partial charge in [0.2, 0.25) is 5.91 Å². The zero-order valence-corrected chi connectivity index (χ0v) is 14.2. The first kappa shape index (κ1) is 16.8. The molecule has 2 aliphatic heterocycles. The normalized spacial score (nSPS) is 21.5. The van der Waals surface area contributed by atoms with Crippen molar-refractivity contribution in [2.75, 3.05) is 43.1 Å². The minimum atomic E-state index is -0.441. The number of benzene rings is 1. The van der Waals surface area contributed by atoms with E-state index in [2.05, 4.69) is 17.1 Å². The molecule has 0 bridgehead atoms. The molecule has 2 saturated heterocycles. The fourth-order valence-electron chi connectivity index (χ4n) is 3.14. The third kappa shape index (κ3) is 3.70. The lowest BCUT2D eigenvalue weighted by Gasteiger charge is -2.29. The predicted molar refractivity (Wildman–Crippen MR) is 93.1 cm³/mol. The second-order valence-corrected chi connectivity index (χ2v) is 6.28. The van der Waals surface area contributed by atoms with Crippen molar-refractivity contribution in [1.82, 2.24) is 4.90 Å². The van der Waals surface area contributed by atoms with Crippen LogP contribution < -0.4 is 10.2 Å². The maximum Gasteiger partial charge on any atom is 0.252 e. The number of carbonyl (C=O) groups is 2. The highest BCUT2D eigenvalue weighted by molar-refractivity contribution is 6.06. The number of ether oxygens (including phenoxy) is 1. The first-order valence-corrected chi connectivity index (χ1v) is 8.72. The quantitative estimate of drug-likeness (QED) is 0.806. The molecule has 24 heavy (non-hydrogen) atoms. The number of nitrogens with zero attached hydrogens (tertiary/aromatic N) is 2. The third-order valence-corrected chi connectivity index (χ3v) is 4.56. The Hall–Kier alpha value is -2.08. The van der Waals surface area contributed by atoms with Crippen LogP contribution in [-0.4, -0.2) is 55.6 Å². The van der Waals surface area contributed by atoms with Crippen molar-refractivity contribution >= 4 is 23.2 Å². The first-order chi connectivity index (χ1) is 11.7. The van der Waals surface area contributed by atoms with Crippen molar-refractivity contribution in [1.29, 1.82) is 0 Å². The molecule has 0 spiro atoms. The van der Waals surface area contributed by atoms with E-state index in [0.29, 0.717) is 6.54 Å². The van der Waals surface area contributed by atoms with Gasteiger partial charge in [-0.05, 0) is 30.7 Å². The number of morpholine rings is 1. The number of hydrogen-bond acceptors (Lipinski definition) is 5. The molecule has 0 saturated carbocycles. The largest absolute Gasteiger partial charge is 0.378 e. The number of rotatable bonds is 6. The molecule has 0 aliphatic carbocycles. The van der Waals surface area contributed by atoms with E-state index < -0.39 is 6.04 Å². The molecule has 2 aliphatic rings. The van der Waals surface area contributed by atoms with Crippen LogP contribution in [0.15, 0.2) is 24.3 Å². The second-order valence-electron chi connectivity index (χ2n) is 6.28. The molecular formula is C18H25N3O3. The van der Waals surface area contributed by atoms with Crippen LogP contribution in [0.2, 0.25) is 0 Å². The molecule has 1 aromatic rings. The monoisotopic (exact) mass is 331 g/mol. The Bertz CT molecular complexity index is 582. The van der Waals surface area contributed by atoms with E-state index in [0.717, 1.165) is 50.5 Å². The lowest BCUT2D eigenvalue weighted by molar-refractivity contribution is -0.138. The summed E-state index contributed by atoms with van der Waals surface area (Å²) in [5, 5.41) is 3.20. The number of unbranched alkanes of at least 4 members (excludes halogenated alkanes) is 1. The molecule has 0 aromatic heterocycles. The summed E-state index contributed by atoms with van der Waals surface area (Å²) in [6, 6.07) is 7.59. The number of nitrogens with one attached hydrogen (secondary N) is 1. The summed E-state index contributed by atoms with van der Waals surface area (Å²) in [5.74, 6) is -0.179. The Balaban J connectivity index is 1.59. The average Bonchev–Trinajstić information content (AvgIpc) is 2.88. The molecule has 6 heteroatoms. The fourth-order valence-corrected chi connectivity index (χ4v) is 3.14. The van der Waals surface area contributed by atoms with Gasteiger partial charge in [-0.1, -0.05) is 13.3 Å². The summed E-state index contributed by atoms with van der Waals surface area (Å²) in [4.78, 5) is 28.0. The minimum absolute atomic E-state index is 0.0733. The van der Waals surface area contributed by atoms with Gasteiger partial charge in [-0.2, -0.15) is 0 Å². The molecule has 6 nitrogen and oxygen atoms in total. The van der Waals surface area contributed by atoms with Gasteiger partial charge in [0.05, 0.1) is 19.6 Å². The Morgan fingerprint density at radius 1 is 1.17 bits per heavy atom. The Labute approximate surface area is 142 Å². The van der Waals surface area contributed by atoms with E-state index in [1.165, 1.54) is 4.90 Å². The van der Waals surface area contributed by atoms with Crippen molar-refractivity contribution in [3.05, 3.63) is 24.3 Å². The molecular weight excluding hydrogens is 306 g/mol. The number of hydrogen-bond donors (Lipinski definition) is 1. The highest BCUT2D eigenvalue weighted by atomic mass is 16.5. The van der Waals surface area contributed by atoms with Crippen molar-refractivity contribution < 1.29 is 14.3 Å². The number of imide groups is 1. The minimum Gasteiger partial charge on any atom is -0.378 e. The average molecular weight is 331 g/mol. The Kier molecular flexibility index (Phi) is 5.35. The van der Waals surface area contributed by atoms with Gasteiger partial charge in [-0.3, -0.25) is 14.5 Å². The van der Waals surface area contributed by atoms with E-state index in [-0.39, 0.29) is 18.2 Å². The molecule has 130 valence electrons. The lowest BCUT2D eigenvalue weighted by Crippen LogP contribution is -2.36. The van der Waals surface area contributed by atoms with Gasteiger partial charge >= 0.3 is 0 Å². The SMILES string of the molecule is CCCCN1C(=O)CC(Nc2ccc(N3CCOCC3)cc2)C1=O. The predicted octanol–water partition coefficient (Wildman–Crippen LogP) is 1.86. The van der Waals surface area contributed by atoms with E-state index in [1.807, 2.05) is 24.3 Å². The number of likely N-dealkylation sites (tertiary alicyclic amines) is 1. The summed E-state index contributed by atoms with van der Waals surface area (Å²) in [7, 11) is 0. The van der Waals surface area contributed by atoms with Crippen LogP contribution in [0.3, 0.4) is 0 Å². The van der Waals surface area contributed by atoms with Gasteiger partial charge in [-0.25, -0.2) is 0 Å². The maximum absolute atomic E-state index is 12.4. The number of anilines is 2. The summed E-state index contributed by atoms with van der Waals surface area (Å²) in [6.07, 6.45) is 2.07. The van der Waals surface area contributed by atoms with Crippen molar-refractivity contribution in [2.45, 2.75) is 32.2 Å². The van der Waals surface area contributed by atoms with Crippen LogP contribution in [0.1, 0.15) is 26.2 Å². The molecule has 0 radical (unpaired) electrons. The van der Waals surface area contributed by atoms with Gasteiger partial charge in [-0.15, -0.1) is 0 Å². The van der Waals surface area contributed by atoms with Gasteiger partial charge in [0, 0.05) is 31.0 Å². The van der Waals surface area contributed by atoms with E-state index >= 15 is 0 Å². The van der Waals surface area contributed by atoms with Crippen LogP contribution in [0.5, 0.6) is 0 Å². The highest BCUT2D eigenvalue weighted by Gasteiger charge is 2.37. The number of amides is 2. The fraction of sp³-hybridized carbons (Fsp3) is 0.556. The summed E-state index contributed by atoms with van der Waals surface area (Å²) in [6.45, 7) is 5.89.